The van der Waals surface area contributed by atoms with Crippen molar-refractivity contribution < 1.29 is 19.1 Å². The highest BCUT2D eigenvalue weighted by Gasteiger charge is 2.29. The molecule has 0 saturated heterocycles. The molecule has 4 rings (SSSR count). The van der Waals surface area contributed by atoms with Crippen molar-refractivity contribution in [3.05, 3.63) is 64.9 Å². The molecule has 2 aromatic rings. The second kappa shape index (κ2) is 7.39. The predicted octanol–water partition coefficient (Wildman–Crippen LogP) is 5.10. The number of ketones is 1. The number of hydrogen-bond donors (Lipinski definition) is 0. The smallest absolute Gasteiger partial charge is 0.314 e. The molecule has 0 atom stereocenters. The molecule has 4 heteroatoms. The summed E-state index contributed by atoms with van der Waals surface area (Å²) in [5.74, 6) is 0.780. The van der Waals surface area contributed by atoms with Gasteiger partial charge in [0.2, 0.25) is 5.78 Å². The van der Waals surface area contributed by atoms with Gasteiger partial charge >= 0.3 is 5.97 Å². The van der Waals surface area contributed by atoms with Crippen molar-refractivity contribution >= 4 is 17.8 Å². The summed E-state index contributed by atoms with van der Waals surface area (Å²) in [4.78, 5) is 24.9. The molecule has 2 aliphatic rings. The van der Waals surface area contributed by atoms with Crippen LogP contribution in [0.5, 0.6) is 11.5 Å². The first kappa shape index (κ1) is 17.5. The van der Waals surface area contributed by atoms with Crippen molar-refractivity contribution in [2.45, 2.75) is 39.0 Å². The van der Waals surface area contributed by atoms with E-state index >= 15 is 0 Å². The Balaban J connectivity index is 1.50. The molecule has 1 aliphatic carbocycles. The lowest BCUT2D eigenvalue weighted by molar-refractivity contribution is -0.139. The number of carbonyl (C=O) groups excluding carboxylic acids is 2. The van der Waals surface area contributed by atoms with E-state index in [1.807, 2.05) is 31.2 Å². The van der Waals surface area contributed by atoms with Crippen LogP contribution in [0, 0.1) is 12.8 Å². The fraction of sp³-hybridized carbons (Fsp3) is 0.304. The van der Waals surface area contributed by atoms with E-state index in [-0.39, 0.29) is 23.4 Å². The summed E-state index contributed by atoms with van der Waals surface area (Å²) in [7, 11) is 0. The average molecular weight is 362 g/mol. The largest absolute Gasteiger partial charge is 0.452 e. The maximum atomic E-state index is 12.5. The Morgan fingerprint density at radius 2 is 1.81 bits per heavy atom. The minimum atomic E-state index is -0.186. The standard InChI is InChI=1S/C23H22O4/c1-15-7-9-16(10-8-15)13-21-22(24)19-12-11-18(14-20(19)27-21)26-23(25)17-5-3-2-4-6-17/h7-14,17H,2-6H2,1H3. The monoisotopic (exact) mass is 362 g/mol. The van der Waals surface area contributed by atoms with E-state index in [4.69, 9.17) is 9.47 Å². The van der Waals surface area contributed by atoms with Crippen LogP contribution in [0.3, 0.4) is 0 Å². The number of benzene rings is 2. The Bertz CT molecular complexity index is 902. The molecule has 0 N–H and O–H groups in total. The van der Waals surface area contributed by atoms with Crippen molar-refractivity contribution in [3.8, 4) is 11.5 Å². The molecule has 0 amide bonds. The van der Waals surface area contributed by atoms with E-state index in [2.05, 4.69) is 0 Å². The quantitative estimate of drug-likeness (QED) is 0.433. The first-order valence-electron chi connectivity index (χ1n) is 9.47. The fourth-order valence-electron chi connectivity index (χ4n) is 3.58. The van der Waals surface area contributed by atoms with Crippen LogP contribution in [-0.4, -0.2) is 11.8 Å². The third-order valence-corrected chi connectivity index (χ3v) is 5.17. The van der Waals surface area contributed by atoms with Crippen LogP contribution < -0.4 is 9.47 Å². The summed E-state index contributed by atoms with van der Waals surface area (Å²) >= 11 is 0. The van der Waals surface area contributed by atoms with Gasteiger partial charge in [-0.25, -0.2) is 0 Å². The lowest BCUT2D eigenvalue weighted by Crippen LogP contribution is -2.22. The fourth-order valence-corrected chi connectivity index (χ4v) is 3.58. The zero-order valence-corrected chi connectivity index (χ0v) is 15.4. The minimum absolute atomic E-state index is 0.0217. The second-order valence-corrected chi connectivity index (χ2v) is 7.26. The number of fused-ring (bicyclic) bond motifs is 1. The summed E-state index contributed by atoms with van der Waals surface area (Å²) in [6.07, 6.45) is 6.86. The predicted molar refractivity (Wildman–Crippen MR) is 103 cm³/mol. The number of carbonyl (C=O) groups is 2. The number of Topliss-reactive ketones (excluding diaryl/α,β-unsaturated/α-hetero) is 1. The molecule has 0 bridgehead atoms. The van der Waals surface area contributed by atoms with E-state index in [0.717, 1.165) is 36.8 Å². The normalized spacial score (nSPS) is 18.3. The first-order valence-corrected chi connectivity index (χ1v) is 9.47. The highest BCUT2D eigenvalue weighted by Crippen LogP contribution is 2.35. The molecule has 27 heavy (non-hydrogen) atoms. The van der Waals surface area contributed by atoms with E-state index in [0.29, 0.717) is 17.1 Å². The van der Waals surface area contributed by atoms with Crippen LogP contribution in [0.4, 0.5) is 0 Å². The topological polar surface area (TPSA) is 52.6 Å². The van der Waals surface area contributed by atoms with Crippen molar-refractivity contribution in [2.75, 3.05) is 0 Å². The number of aryl methyl sites for hydroxylation is 1. The molecule has 4 nitrogen and oxygen atoms in total. The van der Waals surface area contributed by atoms with E-state index in [1.165, 1.54) is 6.42 Å². The zero-order chi connectivity index (χ0) is 18.8. The van der Waals surface area contributed by atoms with Gasteiger partial charge in [-0.1, -0.05) is 49.1 Å². The van der Waals surface area contributed by atoms with Crippen molar-refractivity contribution in [1.29, 1.82) is 0 Å². The summed E-state index contributed by atoms with van der Waals surface area (Å²) in [5, 5.41) is 0. The van der Waals surface area contributed by atoms with Crippen LogP contribution in [0.25, 0.3) is 6.08 Å². The Labute approximate surface area is 158 Å². The maximum absolute atomic E-state index is 12.5. The van der Waals surface area contributed by atoms with E-state index < -0.39 is 0 Å². The van der Waals surface area contributed by atoms with Crippen LogP contribution in [-0.2, 0) is 4.79 Å². The molecule has 1 aliphatic heterocycles. The van der Waals surface area contributed by atoms with Crippen LogP contribution >= 0.6 is 0 Å². The molecule has 1 heterocycles. The number of rotatable bonds is 3. The Hall–Kier alpha value is -2.88. The first-order chi connectivity index (χ1) is 13.1. The van der Waals surface area contributed by atoms with Gasteiger partial charge in [0.1, 0.15) is 11.5 Å². The minimum Gasteiger partial charge on any atom is -0.452 e. The van der Waals surface area contributed by atoms with Crippen molar-refractivity contribution in [2.24, 2.45) is 5.92 Å². The number of hydrogen-bond acceptors (Lipinski definition) is 4. The lowest BCUT2D eigenvalue weighted by atomic mass is 9.89. The summed E-state index contributed by atoms with van der Waals surface area (Å²) in [6, 6.07) is 12.8. The summed E-state index contributed by atoms with van der Waals surface area (Å²) < 4.78 is 11.3. The van der Waals surface area contributed by atoms with Gasteiger partial charge in [-0.3, -0.25) is 9.59 Å². The average Bonchev–Trinajstić information content (AvgIpc) is 2.99. The molecule has 1 saturated carbocycles. The van der Waals surface area contributed by atoms with Crippen LogP contribution in [0.15, 0.2) is 48.2 Å². The SMILES string of the molecule is Cc1ccc(C=C2Oc3cc(OC(=O)C4CCCCC4)ccc3C2=O)cc1. The van der Waals surface area contributed by atoms with Gasteiger partial charge in [-0.05, 0) is 43.5 Å². The lowest BCUT2D eigenvalue weighted by Gasteiger charge is -2.19. The van der Waals surface area contributed by atoms with Gasteiger partial charge < -0.3 is 9.47 Å². The van der Waals surface area contributed by atoms with Gasteiger partial charge in [0.15, 0.2) is 5.76 Å². The number of ether oxygens (including phenoxy) is 2. The second-order valence-electron chi connectivity index (χ2n) is 7.26. The highest BCUT2D eigenvalue weighted by molar-refractivity contribution is 6.14. The van der Waals surface area contributed by atoms with Gasteiger partial charge in [-0.15, -0.1) is 0 Å². The number of allylic oxidation sites excluding steroid dienone is 1. The molecule has 138 valence electrons. The van der Waals surface area contributed by atoms with E-state index in [1.54, 1.807) is 24.3 Å². The third kappa shape index (κ3) is 3.80. The molecule has 2 aromatic carbocycles. The van der Waals surface area contributed by atoms with E-state index in [9.17, 15) is 9.59 Å². The van der Waals surface area contributed by atoms with Gasteiger partial charge in [0, 0.05) is 6.07 Å². The number of esters is 1. The maximum Gasteiger partial charge on any atom is 0.314 e. The van der Waals surface area contributed by atoms with Gasteiger partial charge in [0.05, 0.1) is 11.5 Å². The molecule has 1 fully saturated rings. The highest BCUT2D eigenvalue weighted by atomic mass is 16.5. The Morgan fingerprint density at radius 3 is 2.56 bits per heavy atom. The Kier molecular flexibility index (Phi) is 4.80. The third-order valence-electron chi connectivity index (χ3n) is 5.17. The molecule has 0 unspecified atom stereocenters. The summed E-state index contributed by atoms with van der Waals surface area (Å²) in [5.41, 5.74) is 2.55. The van der Waals surface area contributed by atoms with Crippen molar-refractivity contribution in [1.82, 2.24) is 0 Å². The van der Waals surface area contributed by atoms with Gasteiger partial charge in [0.25, 0.3) is 0 Å². The molecular formula is C23H22O4. The molecular weight excluding hydrogens is 340 g/mol. The van der Waals surface area contributed by atoms with Crippen LogP contribution in [0.2, 0.25) is 0 Å². The van der Waals surface area contributed by atoms with Crippen LogP contribution in [0.1, 0.15) is 53.6 Å². The molecule has 0 aromatic heterocycles. The van der Waals surface area contributed by atoms with Gasteiger partial charge in [-0.2, -0.15) is 0 Å². The summed E-state index contributed by atoms with van der Waals surface area (Å²) in [6.45, 7) is 2.01. The van der Waals surface area contributed by atoms with Crippen molar-refractivity contribution in [3.63, 3.8) is 0 Å². The zero-order valence-electron chi connectivity index (χ0n) is 15.4. The molecule has 0 spiro atoms. The molecule has 0 radical (unpaired) electrons. The Morgan fingerprint density at radius 1 is 1.07 bits per heavy atom.